The molecule has 3 rings (SSSR count). The third kappa shape index (κ3) is 2.50. The molecule has 0 radical (unpaired) electrons. The summed E-state index contributed by atoms with van der Waals surface area (Å²) in [6, 6.07) is 10.1. The summed E-state index contributed by atoms with van der Waals surface area (Å²) in [5, 5.41) is 25.2. The molecule has 7 nitrogen and oxygen atoms in total. The Bertz CT molecular complexity index is 955. The van der Waals surface area contributed by atoms with E-state index >= 15 is 0 Å². The van der Waals surface area contributed by atoms with Crippen LogP contribution in [-0.2, 0) is 0 Å². The van der Waals surface area contributed by atoms with Gasteiger partial charge in [0.25, 0.3) is 5.69 Å². The summed E-state index contributed by atoms with van der Waals surface area (Å²) in [4.78, 5) is 15.5. The van der Waals surface area contributed by atoms with E-state index in [4.69, 9.17) is 4.74 Å². The highest BCUT2D eigenvalue weighted by Crippen LogP contribution is 2.40. The fraction of sp³-hybridized carbons (Fsp3) is 0.118. The number of hydrogen-bond acceptors (Lipinski definition) is 6. The van der Waals surface area contributed by atoms with Gasteiger partial charge in [-0.3, -0.25) is 10.1 Å². The summed E-state index contributed by atoms with van der Waals surface area (Å²) in [7, 11) is 1.48. The highest BCUT2D eigenvalue weighted by molar-refractivity contribution is 6.12. The Morgan fingerprint density at radius 3 is 2.79 bits per heavy atom. The molecule has 0 saturated heterocycles. The van der Waals surface area contributed by atoms with Gasteiger partial charge in [0.15, 0.2) is 0 Å². The molecule has 0 saturated carbocycles. The van der Waals surface area contributed by atoms with E-state index in [9.17, 15) is 15.2 Å². The smallest absolute Gasteiger partial charge is 0.281 e. The van der Waals surface area contributed by atoms with Crippen LogP contribution in [-0.4, -0.2) is 28.4 Å². The summed E-state index contributed by atoms with van der Waals surface area (Å²) in [5.41, 5.74) is 1.27. The minimum atomic E-state index is -1.06. The Hall–Kier alpha value is -3.19. The Kier molecular flexibility index (Phi) is 4.01. The first-order chi connectivity index (χ1) is 11.6. The van der Waals surface area contributed by atoms with Gasteiger partial charge < -0.3 is 15.2 Å². The predicted molar refractivity (Wildman–Crippen MR) is 92.3 cm³/mol. The lowest BCUT2D eigenvalue weighted by atomic mass is 10.1. The van der Waals surface area contributed by atoms with Crippen LogP contribution in [0, 0.1) is 10.1 Å². The number of hydrogen-bond donors (Lipinski definition) is 2. The van der Waals surface area contributed by atoms with Crippen LogP contribution in [0.4, 0.5) is 11.4 Å². The van der Waals surface area contributed by atoms with Crippen LogP contribution in [0.2, 0.25) is 0 Å². The summed E-state index contributed by atoms with van der Waals surface area (Å²) >= 11 is 0. The van der Waals surface area contributed by atoms with E-state index in [-0.39, 0.29) is 11.1 Å². The molecule has 1 heterocycles. The van der Waals surface area contributed by atoms with Gasteiger partial charge in [-0.1, -0.05) is 24.8 Å². The number of nitrogens with one attached hydrogen (secondary N) is 1. The molecule has 2 N–H and O–H groups in total. The molecule has 0 aliphatic heterocycles. The predicted octanol–water partition coefficient (Wildman–Crippen LogP) is 3.22. The monoisotopic (exact) mass is 325 g/mol. The normalized spacial score (nSPS) is 12.1. The van der Waals surface area contributed by atoms with E-state index in [1.165, 1.54) is 25.3 Å². The molecular formula is C17H15N3O4. The van der Waals surface area contributed by atoms with Gasteiger partial charge in [-0.15, -0.1) is 0 Å². The molecule has 7 heteroatoms. The molecular weight excluding hydrogens is 310 g/mol. The van der Waals surface area contributed by atoms with Gasteiger partial charge in [-0.2, -0.15) is 0 Å². The van der Waals surface area contributed by atoms with Crippen molar-refractivity contribution >= 4 is 33.2 Å². The Labute approximate surface area is 137 Å². The van der Waals surface area contributed by atoms with E-state index in [1.807, 2.05) is 6.07 Å². The van der Waals surface area contributed by atoms with Gasteiger partial charge in [-0.25, -0.2) is 4.98 Å². The number of aliphatic hydroxyl groups excluding tert-OH is 1. The Balaban J connectivity index is 2.51. The molecule has 122 valence electrons. The van der Waals surface area contributed by atoms with Crippen LogP contribution in [0.1, 0.15) is 0 Å². The summed E-state index contributed by atoms with van der Waals surface area (Å²) in [6.45, 7) is 3.52. The van der Waals surface area contributed by atoms with Gasteiger partial charge in [0.05, 0.1) is 23.2 Å². The van der Waals surface area contributed by atoms with Gasteiger partial charge in [0.2, 0.25) is 0 Å². The molecule has 0 aliphatic carbocycles. The number of aliphatic hydroxyl groups is 1. The molecule has 1 aromatic heterocycles. The maximum Gasteiger partial charge on any atom is 0.281 e. The molecule has 0 fully saturated rings. The highest BCUT2D eigenvalue weighted by Gasteiger charge is 2.22. The molecule has 0 spiro atoms. The number of nitro groups is 1. The average Bonchev–Trinajstić information content (AvgIpc) is 2.60. The second kappa shape index (κ2) is 6.13. The number of rotatable bonds is 5. The fourth-order valence-corrected chi connectivity index (χ4v) is 2.63. The quantitative estimate of drug-likeness (QED) is 0.246. The number of pyridine rings is 1. The van der Waals surface area contributed by atoms with Gasteiger partial charge in [-0.05, 0) is 18.2 Å². The number of nitrogens with zero attached hydrogens (tertiary/aromatic N) is 2. The molecule has 1 unspecified atom stereocenters. The van der Waals surface area contributed by atoms with Crippen molar-refractivity contribution in [2.75, 3.05) is 12.4 Å². The van der Waals surface area contributed by atoms with E-state index in [0.717, 1.165) is 0 Å². The first-order valence-electron chi connectivity index (χ1n) is 7.17. The second-order valence-corrected chi connectivity index (χ2v) is 5.10. The molecule has 3 aromatic rings. The van der Waals surface area contributed by atoms with Crippen molar-refractivity contribution in [2.24, 2.45) is 0 Å². The summed E-state index contributed by atoms with van der Waals surface area (Å²) in [6.07, 6.45) is 0.234. The number of fused-ring (bicyclic) bond motifs is 2. The van der Waals surface area contributed by atoms with Crippen LogP contribution in [0.5, 0.6) is 5.75 Å². The number of methoxy groups -OCH3 is 1. The molecule has 1 atom stereocenters. The Morgan fingerprint density at radius 2 is 2.12 bits per heavy atom. The summed E-state index contributed by atoms with van der Waals surface area (Å²) < 4.78 is 5.30. The number of benzene rings is 2. The lowest BCUT2D eigenvalue weighted by Gasteiger charge is -2.16. The minimum absolute atomic E-state index is 0.122. The standard InChI is InChI=1S/C17H15N3O4/c1-3-14(21)19-16-10-6-4-5-7-11(10)18-17-13(24-2)9-8-12(15(16)17)20(22)23/h3-9,14,21H,1H2,2H3,(H,18,19). The SMILES string of the molecule is C=CC(O)Nc1c2ccccc2nc2c(OC)ccc([N+](=O)[O-])c12. The maximum absolute atomic E-state index is 11.5. The number of para-hydroxylation sites is 1. The first kappa shape index (κ1) is 15.7. The van der Waals surface area contributed by atoms with Crippen molar-refractivity contribution in [1.29, 1.82) is 0 Å². The van der Waals surface area contributed by atoms with Crippen molar-refractivity contribution < 1.29 is 14.8 Å². The zero-order valence-corrected chi connectivity index (χ0v) is 12.9. The molecule has 0 aliphatic rings. The third-order valence-electron chi connectivity index (χ3n) is 3.71. The van der Waals surface area contributed by atoms with Crippen LogP contribution >= 0.6 is 0 Å². The average molecular weight is 325 g/mol. The zero-order chi connectivity index (χ0) is 17.3. The highest BCUT2D eigenvalue weighted by atomic mass is 16.6. The van der Waals surface area contributed by atoms with Crippen molar-refractivity contribution in [3.05, 3.63) is 59.2 Å². The van der Waals surface area contributed by atoms with Crippen molar-refractivity contribution in [1.82, 2.24) is 4.98 Å². The van der Waals surface area contributed by atoms with Crippen molar-refractivity contribution in [3.63, 3.8) is 0 Å². The number of anilines is 1. The Morgan fingerprint density at radius 1 is 1.38 bits per heavy atom. The number of non-ortho nitro benzene ring substituents is 1. The largest absolute Gasteiger partial charge is 0.494 e. The topological polar surface area (TPSA) is 97.5 Å². The fourth-order valence-electron chi connectivity index (χ4n) is 2.63. The molecule has 24 heavy (non-hydrogen) atoms. The van der Waals surface area contributed by atoms with Crippen LogP contribution in [0.3, 0.4) is 0 Å². The van der Waals surface area contributed by atoms with Crippen molar-refractivity contribution in [3.8, 4) is 5.75 Å². The van der Waals surface area contributed by atoms with E-state index in [0.29, 0.717) is 27.9 Å². The minimum Gasteiger partial charge on any atom is -0.494 e. The molecule has 2 aromatic carbocycles. The second-order valence-electron chi connectivity index (χ2n) is 5.10. The lowest BCUT2D eigenvalue weighted by Crippen LogP contribution is -2.16. The van der Waals surface area contributed by atoms with E-state index in [2.05, 4.69) is 16.9 Å². The number of nitro benzene ring substituents is 1. The molecule has 0 bridgehead atoms. The van der Waals surface area contributed by atoms with Gasteiger partial charge >= 0.3 is 0 Å². The summed E-state index contributed by atoms with van der Waals surface area (Å²) in [5.74, 6) is 0.414. The molecule has 0 amide bonds. The third-order valence-corrected chi connectivity index (χ3v) is 3.71. The zero-order valence-electron chi connectivity index (χ0n) is 12.9. The van der Waals surface area contributed by atoms with Gasteiger partial charge in [0.1, 0.15) is 22.9 Å². The van der Waals surface area contributed by atoms with Crippen LogP contribution in [0.25, 0.3) is 21.8 Å². The number of ether oxygens (including phenoxy) is 1. The van der Waals surface area contributed by atoms with E-state index in [1.54, 1.807) is 18.2 Å². The lowest BCUT2D eigenvalue weighted by molar-refractivity contribution is -0.383. The van der Waals surface area contributed by atoms with E-state index < -0.39 is 11.2 Å². The van der Waals surface area contributed by atoms with Crippen LogP contribution < -0.4 is 10.1 Å². The maximum atomic E-state index is 11.5. The van der Waals surface area contributed by atoms with Crippen molar-refractivity contribution in [2.45, 2.75) is 6.23 Å². The van der Waals surface area contributed by atoms with Crippen LogP contribution in [0.15, 0.2) is 49.1 Å². The first-order valence-corrected chi connectivity index (χ1v) is 7.17. The van der Waals surface area contributed by atoms with Gasteiger partial charge in [0, 0.05) is 11.5 Å². The number of aromatic nitrogens is 1.